The fraction of sp³-hybridized carbons (Fsp3) is 0.941. The highest BCUT2D eigenvalue weighted by Crippen LogP contribution is 2.68. The zero-order valence-corrected chi connectivity index (χ0v) is 27.3. The highest BCUT2D eigenvalue weighted by atomic mass is 16.5. The molecule has 4 saturated carbocycles. The third-order valence-corrected chi connectivity index (χ3v) is 12.2. The van der Waals surface area contributed by atoms with Crippen molar-refractivity contribution in [2.75, 3.05) is 52.7 Å². The van der Waals surface area contributed by atoms with Gasteiger partial charge < -0.3 is 35.1 Å². The molecule has 0 aromatic rings. The first-order valence-electron chi connectivity index (χ1n) is 17.2. The Balaban J connectivity index is 1.23. The molecule has 10 atom stereocenters. The molecular formula is C34H60N2O7. The molecule has 9 nitrogen and oxygen atoms in total. The first-order valence-corrected chi connectivity index (χ1v) is 17.2. The Labute approximate surface area is 259 Å². The zero-order chi connectivity index (χ0) is 31.0. The minimum absolute atomic E-state index is 0.0593. The minimum atomic E-state index is -0.184. The van der Waals surface area contributed by atoms with Gasteiger partial charge in [0.05, 0.1) is 51.8 Å². The summed E-state index contributed by atoms with van der Waals surface area (Å²) in [4.78, 5) is 23.5. The molecule has 0 heterocycles. The Morgan fingerprint density at radius 2 is 1.56 bits per heavy atom. The van der Waals surface area contributed by atoms with Crippen molar-refractivity contribution in [2.24, 2.45) is 46.3 Å². The maximum atomic E-state index is 12.6. The van der Waals surface area contributed by atoms with Crippen LogP contribution in [0.2, 0.25) is 0 Å². The van der Waals surface area contributed by atoms with Gasteiger partial charge in [0.25, 0.3) is 0 Å². The second kappa shape index (κ2) is 15.8. The van der Waals surface area contributed by atoms with E-state index in [0.717, 1.165) is 32.1 Å². The van der Waals surface area contributed by atoms with E-state index in [1.54, 1.807) is 0 Å². The molecule has 0 radical (unpaired) electrons. The highest BCUT2D eigenvalue weighted by molar-refractivity contribution is 5.75. The first kappa shape index (κ1) is 34.6. The minimum Gasteiger partial charge on any atom is -0.394 e. The summed E-state index contributed by atoms with van der Waals surface area (Å²) < 4.78 is 17.4. The van der Waals surface area contributed by atoms with Crippen molar-refractivity contribution in [3.63, 3.8) is 0 Å². The topological polar surface area (TPSA) is 126 Å². The number of aliphatic hydroxyl groups excluding tert-OH is 2. The maximum absolute atomic E-state index is 12.6. The van der Waals surface area contributed by atoms with Crippen LogP contribution in [0.5, 0.6) is 0 Å². The van der Waals surface area contributed by atoms with Crippen molar-refractivity contribution < 1.29 is 34.0 Å². The molecule has 0 saturated heterocycles. The van der Waals surface area contributed by atoms with Crippen LogP contribution in [0.3, 0.4) is 0 Å². The van der Waals surface area contributed by atoms with Gasteiger partial charge in [-0.2, -0.15) is 0 Å². The van der Waals surface area contributed by atoms with Crippen molar-refractivity contribution in [3.8, 4) is 0 Å². The molecule has 0 bridgehead atoms. The van der Waals surface area contributed by atoms with E-state index in [9.17, 15) is 19.8 Å². The lowest BCUT2D eigenvalue weighted by Gasteiger charge is -2.63. The van der Waals surface area contributed by atoms with Crippen molar-refractivity contribution in [2.45, 2.75) is 104 Å². The van der Waals surface area contributed by atoms with Gasteiger partial charge in [0, 0.05) is 26.4 Å². The first-order chi connectivity index (χ1) is 20.6. The molecule has 0 aliphatic heterocycles. The third-order valence-electron chi connectivity index (χ3n) is 12.2. The number of amides is 2. The molecule has 4 rings (SSSR count). The Morgan fingerprint density at radius 1 is 0.884 bits per heavy atom. The maximum Gasteiger partial charge on any atom is 0.220 e. The molecule has 2 amide bonds. The lowest BCUT2D eigenvalue weighted by Crippen LogP contribution is -2.59. The predicted octanol–water partition coefficient (Wildman–Crippen LogP) is 3.70. The van der Waals surface area contributed by atoms with E-state index in [-0.39, 0.29) is 41.5 Å². The van der Waals surface area contributed by atoms with Gasteiger partial charge in [0.2, 0.25) is 11.8 Å². The molecule has 4 aliphatic rings. The summed E-state index contributed by atoms with van der Waals surface area (Å²) in [7, 11) is 0. The normalized spacial score (nSPS) is 37.6. The number of rotatable bonds is 16. The largest absolute Gasteiger partial charge is 0.394 e. The van der Waals surface area contributed by atoms with Crippen molar-refractivity contribution >= 4 is 11.8 Å². The Hall–Kier alpha value is -1.26. The summed E-state index contributed by atoms with van der Waals surface area (Å²) in [5.41, 5.74) is 0.532. The number of carbonyl (C=O) groups is 2. The van der Waals surface area contributed by atoms with Crippen LogP contribution in [0.1, 0.15) is 91.9 Å². The second-order valence-corrected chi connectivity index (χ2v) is 14.6. The van der Waals surface area contributed by atoms with Crippen molar-refractivity contribution in [1.29, 1.82) is 0 Å². The van der Waals surface area contributed by atoms with Gasteiger partial charge in [0.1, 0.15) is 0 Å². The summed E-state index contributed by atoms with van der Waals surface area (Å²) >= 11 is 0. The molecule has 4 fully saturated rings. The summed E-state index contributed by atoms with van der Waals surface area (Å²) in [5, 5.41) is 25.8. The SMILES string of the molecule is CC(=O)NCCOCCOCCNC(=O)CC[C@@H](C)C1CCC2C3C(OCCO)CC4CC(O)CCC4(C)C3CCC21C. The molecule has 248 valence electrons. The highest BCUT2D eigenvalue weighted by Gasteiger charge is 2.63. The number of ether oxygens (including phenoxy) is 3. The fourth-order valence-corrected chi connectivity index (χ4v) is 10.1. The van der Waals surface area contributed by atoms with Crippen LogP contribution >= 0.6 is 0 Å². The van der Waals surface area contributed by atoms with Crippen LogP contribution in [0.25, 0.3) is 0 Å². The van der Waals surface area contributed by atoms with Crippen molar-refractivity contribution in [1.82, 2.24) is 10.6 Å². The lowest BCUT2D eigenvalue weighted by molar-refractivity contribution is -0.190. The Kier molecular flexibility index (Phi) is 12.7. The van der Waals surface area contributed by atoms with Crippen LogP contribution in [-0.2, 0) is 23.8 Å². The van der Waals surface area contributed by atoms with Crippen LogP contribution in [0.4, 0.5) is 0 Å². The molecule has 43 heavy (non-hydrogen) atoms. The van der Waals surface area contributed by atoms with Crippen LogP contribution in [-0.4, -0.2) is 87.0 Å². The van der Waals surface area contributed by atoms with Gasteiger partial charge in [-0.25, -0.2) is 0 Å². The van der Waals surface area contributed by atoms with E-state index < -0.39 is 0 Å². The fourth-order valence-electron chi connectivity index (χ4n) is 10.1. The van der Waals surface area contributed by atoms with Crippen LogP contribution < -0.4 is 10.6 Å². The molecule has 0 aromatic carbocycles. The number of aliphatic hydroxyl groups is 2. The van der Waals surface area contributed by atoms with E-state index >= 15 is 0 Å². The van der Waals surface area contributed by atoms with Gasteiger partial charge in [-0.1, -0.05) is 20.8 Å². The Bertz CT molecular complexity index is 904. The van der Waals surface area contributed by atoms with E-state index in [2.05, 4.69) is 31.4 Å². The molecule has 4 N–H and O–H groups in total. The monoisotopic (exact) mass is 608 g/mol. The number of carbonyl (C=O) groups excluding carboxylic acids is 2. The zero-order valence-electron chi connectivity index (χ0n) is 27.3. The smallest absolute Gasteiger partial charge is 0.220 e. The average Bonchev–Trinajstić information content (AvgIpc) is 3.33. The third kappa shape index (κ3) is 8.32. The molecule has 9 unspecified atom stereocenters. The lowest BCUT2D eigenvalue weighted by atomic mass is 9.43. The number of hydrogen-bond acceptors (Lipinski definition) is 7. The van der Waals surface area contributed by atoms with E-state index in [1.165, 1.54) is 32.6 Å². The summed E-state index contributed by atoms with van der Waals surface area (Å²) in [6.45, 7) is 12.2. The van der Waals surface area contributed by atoms with E-state index in [4.69, 9.17) is 14.2 Å². The van der Waals surface area contributed by atoms with Gasteiger partial charge in [-0.05, 0) is 104 Å². The number of hydrogen-bond donors (Lipinski definition) is 4. The van der Waals surface area contributed by atoms with Crippen LogP contribution in [0, 0.1) is 46.3 Å². The molecule has 9 heteroatoms. The average molecular weight is 609 g/mol. The quantitative estimate of drug-likeness (QED) is 0.197. The molecule has 0 spiro atoms. The number of nitrogens with one attached hydrogen (secondary N) is 2. The van der Waals surface area contributed by atoms with Gasteiger partial charge in [0.15, 0.2) is 0 Å². The van der Waals surface area contributed by atoms with Crippen molar-refractivity contribution in [3.05, 3.63) is 0 Å². The Morgan fingerprint density at radius 3 is 2.26 bits per heavy atom. The predicted molar refractivity (Wildman–Crippen MR) is 165 cm³/mol. The van der Waals surface area contributed by atoms with E-state index in [1.807, 2.05) is 0 Å². The molecular weight excluding hydrogens is 548 g/mol. The standard InChI is InChI=1S/C34H60N2O7/c1-23(5-8-31(40)36-14-17-42-20-19-41-16-13-35-24(2)38)27-6-7-28-32-29(10-12-34(27,28)4)33(3)11-9-26(39)21-25(33)22-30(32)43-18-15-37/h23,25-30,32,37,39H,5-22H2,1-4H3,(H,35,38)(H,36,40)/t23-,25?,26?,27?,28?,29?,30?,32?,33?,34?/m1/s1. The van der Waals surface area contributed by atoms with Gasteiger partial charge in [-0.3, -0.25) is 9.59 Å². The van der Waals surface area contributed by atoms with E-state index in [0.29, 0.717) is 88.1 Å². The molecule has 4 aliphatic carbocycles. The summed E-state index contributed by atoms with van der Waals surface area (Å²) in [5.74, 6) is 3.38. The number of fused-ring (bicyclic) bond motifs is 5. The second-order valence-electron chi connectivity index (χ2n) is 14.6. The summed E-state index contributed by atoms with van der Waals surface area (Å²) in [6, 6.07) is 0. The van der Waals surface area contributed by atoms with Gasteiger partial charge >= 0.3 is 0 Å². The summed E-state index contributed by atoms with van der Waals surface area (Å²) in [6.07, 6.45) is 10.3. The van der Waals surface area contributed by atoms with Gasteiger partial charge in [-0.15, -0.1) is 0 Å². The van der Waals surface area contributed by atoms with Crippen LogP contribution in [0.15, 0.2) is 0 Å². The molecule has 0 aromatic heterocycles.